The average molecular weight is 225 g/mol. The fraction of sp³-hybridized carbons (Fsp3) is 0.273. The molecule has 86 valence electrons. The van der Waals surface area contributed by atoms with Gasteiger partial charge in [0.2, 0.25) is 5.91 Å². The second-order valence-corrected chi connectivity index (χ2v) is 3.62. The number of aliphatic carboxylic acids is 1. The van der Waals surface area contributed by atoms with Gasteiger partial charge < -0.3 is 10.4 Å². The lowest BCUT2D eigenvalue weighted by Gasteiger charge is -2.26. The van der Waals surface area contributed by atoms with E-state index in [0.29, 0.717) is 0 Å². The topological polar surface area (TPSA) is 66.4 Å². The molecule has 1 rings (SSSR count). The summed E-state index contributed by atoms with van der Waals surface area (Å²) >= 11 is 0. The summed E-state index contributed by atoms with van der Waals surface area (Å²) in [6, 6.07) is 5.14. The highest BCUT2D eigenvalue weighted by molar-refractivity contribution is 5.86. The fourth-order valence-electron chi connectivity index (χ4n) is 1.40. The molecule has 1 aromatic carbocycles. The van der Waals surface area contributed by atoms with Gasteiger partial charge in [0, 0.05) is 6.92 Å². The van der Waals surface area contributed by atoms with Gasteiger partial charge in [-0.15, -0.1) is 0 Å². The van der Waals surface area contributed by atoms with Crippen molar-refractivity contribution in [3.8, 4) is 0 Å². The standard InChI is InChI=1S/C11H12FNO3/c1-7(14)13-11(2,10(15)16)8-4-3-5-9(12)6-8/h3-6H,1-2H3,(H,13,14)(H,15,16). The summed E-state index contributed by atoms with van der Waals surface area (Å²) in [5.41, 5.74) is -1.43. The van der Waals surface area contributed by atoms with E-state index in [4.69, 9.17) is 5.11 Å². The SMILES string of the molecule is CC(=O)NC(C)(C(=O)O)c1cccc(F)c1. The molecule has 0 saturated heterocycles. The number of rotatable bonds is 3. The second kappa shape index (κ2) is 4.30. The zero-order valence-corrected chi connectivity index (χ0v) is 8.95. The average Bonchev–Trinajstić information content (AvgIpc) is 2.16. The van der Waals surface area contributed by atoms with Gasteiger partial charge in [0.25, 0.3) is 0 Å². The predicted octanol–water partition coefficient (Wildman–Crippen LogP) is 1.26. The van der Waals surface area contributed by atoms with Crippen molar-refractivity contribution in [2.45, 2.75) is 19.4 Å². The Hall–Kier alpha value is -1.91. The van der Waals surface area contributed by atoms with E-state index in [9.17, 15) is 14.0 Å². The Kier molecular flexibility index (Phi) is 3.27. The highest BCUT2D eigenvalue weighted by Crippen LogP contribution is 2.21. The van der Waals surface area contributed by atoms with Gasteiger partial charge in [0.15, 0.2) is 5.54 Å². The van der Waals surface area contributed by atoms with Crippen molar-refractivity contribution in [2.24, 2.45) is 0 Å². The van der Waals surface area contributed by atoms with Gasteiger partial charge in [-0.2, -0.15) is 0 Å². The van der Waals surface area contributed by atoms with Crippen LogP contribution in [0, 0.1) is 5.82 Å². The summed E-state index contributed by atoms with van der Waals surface area (Å²) in [6.07, 6.45) is 0. The molecular weight excluding hydrogens is 213 g/mol. The number of benzene rings is 1. The number of hydrogen-bond donors (Lipinski definition) is 2. The van der Waals surface area contributed by atoms with Crippen LogP contribution in [0.4, 0.5) is 4.39 Å². The normalized spacial score (nSPS) is 13.9. The van der Waals surface area contributed by atoms with Crippen LogP contribution in [0.25, 0.3) is 0 Å². The molecule has 2 N–H and O–H groups in total. The Morgan fingerprint density at radius 3 is 2.50 bits per heavy atom. The van der Waals surface area contributed by atoms with Gasteiger partial charge in [-0.05, 0) is 24.6 Å². The van der Waals surface area contributed by atoms with E-state index < -0.39 is 23.2 Å². The first-order valence-corrected chi connectivity index (χ1v) is 4.64. The van der Waals surface area contributed by atoms with Crippen molar-refractivity contribution in [1.82, 2.24) is 5.32 Å². The maximum Gasteiger partial charge on any atom is 0.333 e. The van der Waals surface area contributed by atoms with Crippen LogP contribution < -0.4 is 5.32 Å². The van der Waals surface area contributed by atoms with Gasteiger partial charge in [0.05, 0.1) is 0 Å². The molecule has 0 spiro atoms. The zero-order valence-electron chi connectivity index (χ0n) is 8.95. The number of nitrogens with one attached hydrogen (secondary N) is 1. The first-order chi connectivity index (χ1) is 7.36. The first-order valence-electron chi connectivity index (χ1n) is 4.64. The lowest BCUT2D eigenvalue weighted by molar-refractivity contribution is -0.147. The number of carboxylic acids is 1. The third-order valence-electron chi connectivity index (χ3n) is 2.26. The number of carbonyl (C=O) groups excluding carboxylic acids is 1. The van der Waals surface area contributed by atoms with E-state index in [0.717, 1.165) is 6.07 Å². The fourth-order valence-corrected chi connectivity index (χ4v) is 1.40. The maximum absolute atomic E-state index is 13.0. The Balaban J connectivity index is 3.21. The van der Waals surface area contributed by atoms with Crippen molar-refractivity contribution in [2.75, 3.05) is 0 Å². The van der Waals surface area contributed by atoms with Crippen molar-refractivity contribution in [3.63, 3.8) is 0 Å². The molecule has 0 aromatic heterocycles. The van der Waals surface area contributed by atoms with E-state index in [2.05, 4.69) is 5.32 Å². The monoisotopic (exact) mass is 225 g/mol. The summed E-state index contributed by atoms with van der Waals surface area (Å²) in [5.74, 6) is -2.28. The largest absolute Gasteiger partial charge is 0.479 e. The lowest BCUT2D eigenvalue weighted by Crippen LogP contribution is -2.48. The Morgan fingerprint density at radius 2 is 2.06 bits per heavy atom. The number of carbonyl (C=O) groups is 2. The summed E-state index contributed by atoms with van der Waals surface area (Å²) in [6.45, 7) is 2.52. The molecule has 1 aromatic rings. The van der Waals surface area contributed by atoms with Crippen molar-refractivity contribution < 1.29 is 19.1 Å². The first kappa shape index (κ1) is 12.2. The minimum absolute atomic E-state index is 0.190. The van der Waals surface area contributed by atoms with Crippen LogP contribution >= 0.6 is 0 Å². The minimum atomic E-state index is -1.62. The minimum Gasteiger partial charge on any atom is -0.479 e. The molecule has 16 heavy (non-hydrogen) atoms. The van der Waals surface area contributed by atoms with Gasteiger partial charge in [-0.3, -0.25) is 4.79 Å². The van der Waals surface area contributed by atoms with Crippen LogP contribution in [0.15, 0.2) is 24.3 Å². The third kappa shape index (κ3) is 2.36. The third-order valence-corrected chi connectivity index (χ3v) is 2.26. The molecule has 1 amide bonds. The molecule has 0 aliphatic rings. The van der Waals surface area contributed by atoms with Crippen LogP contribution in [0.1, 0.15) is 19.4 Å². The number of halogens is 1. The summed E-state index contributed by atoms with van der Waals surface area (Å²) in [5, 5.41) is 11.4. The molecular formula is C11H12FNO3. The van der Waals surface area contributed by atoms with Gasteiger partial charge in [-0.1, -0.05) is 12.1 Å². The molecule has 0 bridgehead atoms. The van der Waals surface area contributed by atoms with E-state index in [-0.39, 0.29) is 5.56 Å². The van der Waals surface area contributed by atoms with Crippen molar-refractivity contribution in [1.29, 1.82) is 0 Å². The Bertz CT molecular complexity index is 433. The zero-order chi connectivity index (χ0) is 12.3. The quantitative estimate of drug-likeness (QED) is 0.813. The molecule has 1 atom stereocenters. The summed E-state index contributed by atoms with van der Waals surface area (Å²) < 4.78 is 13.0. The van der Waals surface area contributed by atoms with Crippen molar-refractivity contribution >= 4 is 11.9 Å². The second-order valence-electron chi connectivity index (χ2n) is 3.62. The molecule has 0 saturated carbocycles. The lowest BCUT2D eigenvalue weighted by atomic mass is 9.92. The number of hydrogen-bond acceptors (Lipinski definition) is 2. The van der Waals surface area contributed by atoms with E-state index in [1.165, 1.54) is 32.0 Å². The van der Waals surface area contributed by atoms with E-state index >= 15 is 0 Å². The highest BCUT2D eigenvalue weighted by Gasteiger charge is 2.36. The van der Waals surface area contributed by atoms with Gasteiger partial charge >= 0.3 is 5.97 Å². The van der Waals surface area contributed by atoms with E-state index in [1.807, 2.05) is 0 Å². The van der Waals surface area contributed by atoms with E-state index in [1.54, 1.807) is 0 Å². The van der Waals surface area contributed by atoms with Crippen molar-refractivity contribution in [3.05, 3.63) is 35.6 Å². The Morgan fingerprint density at radius 1 is 1.44 bits per heavy atom. The smallest absolute Gasteiger partial charge is 0.333 e. The molecule has 0 heterocycles. The molecule has 4 nitrogen and oxygen atoms in total. The van der Waals surface area contributed by atoms with Crippen LogP contribution in [-0.4, -0.2) is 17.0 Å². The number of amides is 1. The summed E-state index contributed by atoms with van der Waals surface area (Å²) in [4.78, 5) is 22.1. The van der Waals surface area contributed by atoms with Crippen LogP contribution in [-0.2, 0) is 15.1 Å². The summed E-state index contributed by atoms with van der Waals surface area (Å²) in [7, 11) is 0. The molecule has 0 aliphatic heterocycles. The van der Waals surface area contributed by atoms with Gasteiger partial charge in [-0.25, -0.2) is 9.18 Å². The van der Waals surface area contributed by atoms with Gasteiger partial charge in [0.1, 0.15) is 5.82 Å². The molecule has 0 aliphatic carbocycles. The number of carboxylic acid groups (broad SMARTS) is 1. The van der Waals surface area contributed by atoms with Crippen LogP contribution in [0.5, 0.6) is 0 Å². The molecule has 5 heteroatoms. The Labute approximate surface area is 92.1 Å². The predicted molar refractivity (Wildman–Crippen MR) is 55.2 cm³/mol. The maximum atomic E-state index is 13.0. The molecule has 1 unspecified atom stereocenters. The van der Waals surface area contributed by atoms with Crippen LogP contribution in [0.2, 0.25) is 0 Å². The molecule has 0 fully saturated rings. The molecule has 0 radical (unpaired) electrons. The highest BCUT2D eigenvalue weighted by atomic mass is 19.1. The van der Waals surface area contributed by atoms with Crippen LogP contribution in [0.3, 0.4) is 0 Å².